The van der Waals surface area contributed by atoms with E-state index in [1.54, 1.807) is 18.4 Å². The van der Waals surface area contributed by atoms with E-state index < -0.39 is 0 Å². The number of benzene rings is 1. The van der Waals surface area contributed by atoms with Crippen molar-refractivity contribution in [3.63, 3.8) is 0 Å². The monoisotopic (exact) mass is 326 g/mol. The summed E-state index contributed by atoms with van der Waals surface area (Å²) in [6.07, 6.45) is 0. The molecule has 0 aliphatic carbocycles. The first-order valence-electron chi connectivity index (χ1n) is 5.63. The van der Waals surface area contributed by atoms with Crippen molar-refractivity contribution >= 4 is 27.3 Å². The zero-order valence-electron chi connectivity index (χ0n) is 10.4. The van der Waals surface area contributed by atoms with Gasteiger partial charge in [0.2, 0.25) is 0 Å². The van der Waals surface area contributed by atoms with Crippen molar-refractivity contribution in [3.8, 4) is 5.75 Å². The highest BCUT2D eigenvalue weighted by molar-refractivity contribution is 9.10. The molecule has 18 heavy (non-hydrogen) atoms. The third kappa shape index (κ3) is 3.31. The number of nitrogens with one attached hydrogen (secondary N) is 1. The average molecular weight is 327 g/mol. The zero-order chi connectivity index (χ0) is 13.0. The molecular weight excluding hydrogens is 312 g/mol. The minimum atomic E-state index is 0.833. The summed E-state index contributed by atoms with van der Waals surface area (Å²) < 4.78 is 6.19. The molecule has 3 nitrogen and oxygen atoms in total. The van der Waals surface area contributed by atoms with Crippen LogP contribution in [0, 0.1) is 6.92 Å². The molecule has 0 fully saturated rings. The maximum Gasteiger partial charge on any atom is 0.133 e. The lowest BCUT2D eigenvalue weighted by Gasteiger charge is -2.07. The molecule has 96 valence electrons. The standard InChI is InChI=1S/C13H15BrN2OS/c1-9-13(18-8-16-9)7-15-6-10-3-4-12(17-2)11(14)5-10/h3-5,8,15H,6-7H2,1-2H3. The van der Waals surface area contributed by atoms with E-state index >= 15 is 0 Å². The van der Waals surface area contributed by atoms with E-state index in [0.29, 0.717) is 0 Å². The van der Waals surface area contributed by atoms with Crippen LogP contribution in [0.1, 0.15) is 16.1 Å². The van der Waals surface area contributed by atoms with Gasteiger partial charge in [0.25, 0.3) is 0 Å². The van der Waals surface area contributed by atoms with Crippen LogP contribution in [0.5, 0.6) is 5.75 Å². The first kappa shape index (κ1) is 13.5. The lowest BCUT2D eigenvalue weighted by atomic mass is 10.2. The molecule has 1 aromatic carbocycles. The third-order valence-corrected chi connectivity index (χ3v) is 4.23. The summed E-state index contributed by atoms with van der Waals surface area (Å²) in [7, 11) is 1.67. The smallest absolute Gasteiger partial charge is 0.133 e. The Morgan fingerprint density at radius 1 is 1.39 bits per heavy atom. The van der Waals surface area contributed by atoms with Crippen molar-refractivity contribution in [1.82, 2.24) is 10.3 Å². The number of nitrogens with zero attached hydrogens (tertiary/aromatic N) is 1. The first-order chi connectivity index (χ1) is 8.70. The second kappa shape index (κ2) is 6.31. The SMILES string of the molecule is COc1ccc(CNCc2scnc2C)cc1Br. The maximum absolute atomic E-state index is 5.21. The molecule has 0 aliphatic rings. The Bertz CT molecular complexity index is 527. The van der Waals surface area contributed by atoms with Crippen LogP contribution in [-0.4, -0.2) is 12.1 Å². The Morgan fingerprint density at radius 2 is 2.22 bits per heavy atom. The van der Waals surface area contributed by atoms with Gasteiger partial charge in [-0.3, -0.25) is 0 Å². The second-order valence-corrected chi connectivity index (χ2v) is 5.73. The number of thiazole rings is 1. The molecule has 0 unspecified atom stereocenters. The fraction of sp³-hybridized carbons (Fsp3) is 0.308. The van der Waals surface area contributed by atoms with Gasteiger partial charge in [0.15, 0.2) is 0 Å². The highest BCUT2D eigenvalue weighted by atomic mass is 79.9. The number of ether oxygens (including phenoxy) is 1. The van der Waals surface area contributed by atoms with Crippen LogP contribution >= 0.6 is 27.3 Å². The number of rotatable bonds is 5. The lowest BCUT2D eigenvalue weighted by molar-refractivity contribution is 0.412. The van der Waals surface area contributed by atoms with E-state index in [0.717, 1.165) is 29.0 Å². The number of halogens is 1. The van der Waals surface area contributed by atoms with Crippen LogP contribution in [0.2, 0.25) is 0 Å². The van der Waals surface area contributed by atoms with Gasteiger partial charge in [-0.2, -0.15) is 0 Å². The Kier molecular flexibility index (Phi) is 4.74. The molecule has 1 heterocycles. The van der Waals surface area contributed by atoms with Crippen molar-refractivity contribution in [1.29, 1.82) is 0 Å². The van der Waals surface area contributed by atoms with E-state index in [1.165, 1.54) is 10.4 Å². The molecule has 0 saturated carbocycles. The molecule has 0 radical (unpaired) electrons. The summed E-state index contributed by atoms with van der Waals surface area (Å²) in [6, 6.07) is 6.11. The molecule has 1 N–H and O–H groups in total. The highest BCUT2D eigenvalue weighted by Crippen LogP contribution is 2.25. The second-order valence-electron chi connectivity index (χ2n) is 3.93. The molecule has 2 aromatic rings. The molecule has 0 aliphatic heterocycles. The molecular formula is C13H15BrN2OS. The van der Waals surface area contributed by atoms with Gasteiger partial charge in [-0.15, -0.1) is 11.3 Å². The topological polar surface area (TPSA) is 34.1 Å². The van der Waals surface area contributed by atoms with E-state index in [-0.39, 0.29) is 0 Å². The number of methoxy groups -OCH3 is 1. The van der Waals surface area contributed by atoms with E-state index in [4.69, 9.17) is 4.74 Å². The predicted molar refractivity (Wildman–Crippen MR) is 78.1 cm³/mol. The molecule has 0 spiro atoms. The summed E-state index contributed by atoms with van der Waals surface area (Å²) >= 11 is 5.18. The molecule has 1 aromatic heterocycles. The van der Waals surface area contributed by atoms with Crippen molar-refractivity contribution in [2.45, 2.75) is 20.0 Å². The number of aryl methyl sites for hydroxylation is 1. The van der Waals surface area contributed by atoms with E-state index in [2.05, 4.69) is 38.4 Å². The summed E-state index contributed by atoms with van der Waals surface area (Å²) in [5.74, 6) is 0.858. The lowest BCUT2D eigenvalue weighted by Crippen LogP contribution is -2.12. The Labute approximate surface area is 119 Å². The van der Waals surface area contributed by atoms with Crippen LogP contribution in [0.4, 0.5) is 0 Å². The molecule has 0 amide bonds. The van der Waals surface area contributed by atoms with Crippen molar-refractivity contribution < 1.29 is 4.74 Å². The van der Waals surface area contributed by atoms with Gasteiger partial charge in [0.1, 0.15) is 5.75 Å². The van der Waals surface area contributed by atoms with Gasteiger partial charge in [-0.25, -0.2) is 4.98 Å². The Hall–Kier alpha value is -0.910. The third-order valence-electron chi connectivity index (χ3n) is 2.68. The van der Waals surface area contributed by atoms with Gasteiger partial charge < -0.3 is 10.1 Å². The number of hydrogen-bond acceptors (Lipinski definition) is 4. The van der Waals surface area contributed by atoms with Gasteiger partial charge in [0.05, 0.1) is 22.8 Å². The van der Waals surface area contributed by atoms with Gasteiger partial charge in [-0.05, 0) is 40.5 Å². The predicted octanol–water partition coefficient (Wildman–Crippen LogP) is 3.51. The van der Waals surface area contributed by atoms with Crippen molar-refractivity contribution in [2.24, 2.45) is 0 Å². The first-order valence-corrected chi connectivity index (χ1v) is 7.30. The molecule has 5 heteroatoms. The summed E-state index contributed by atoms with van der Waals surface area (Å²) in [5.41, 5.74) is 4.23. The van der Waals surface area contributed by atoms with Gasteiger partial charge in [-0.1, -0.05) is 6.07 Å². The zero-order valence-corrected chi connectivity index (χ0v) is 12.8. The largest absolute Gasteiger partial charge is 0.496 e. The summed E-state index contributed by atoms with van der Waals surface area (Å²) in [6.45, 7) is 3.73. The van der Waals surface area contributed by atoms with Crippen LogP contribution in [-0.2, 0) is 13.1 Å². The minimum absolute atomic E-state index is 0.833. The normalized spacial score (nSPS) is 10.6. The van der Waals surface area contributed by atoms with Crippen LogP contribution in [0.25, 0.3) is 0 Å². The molecule has 0 saturated heterocycles. The van der Waals surface area contributed by atoms with Gasteiger partial charge in [0, 0.05) is 18.0 Å². The number of aromatic nitrogens is 1. The summed E-state index contributed by atoms with van der Waals surface area (Å²) in [4.78, 5) is 5.53. The van der Waals surface area contributed by atoms with Crippen LogP contribution < -0.4 is 10.1 Å². The van der Waals surface area contributed by atoms with E-state index in [1.807, 2.05) is 18.5 Å². The van der Waals surface area contributed by atoms with Crippen molar-refractivity contribution in [2.75, 3.05) is 7.11 Å². The fourth-order valence-corrected chi connectivity index (χ4v) is 2.97. The molecule has 0 bridgehead atoms. The quantitative estimate of drug-likeness (QED) is 0.912. The fourth-order valence-electron chi connectivity index (χ4n) is 1.64. The highest BCUT2D eigenvalue weighted by Gasteiger charge is 2.03. The molecule has 0 atom stereocenters. The van der Waals surface area contributed by atoms with E-state index in [9.17, 15) is 0 Å². The number of hydrogen-bond donors (Lipinski definition) is 1. The Morgan fingerprint density at radius 3 is 2.83 bits per heavy atom. The van der Waals surface area contributed by atoms with Crippen LogP contribution in [0.3, 0.4) is 0 Å². The van der Waals surface area contributed by atoms with Crippen LogP contribution in [0.15, 0.2) is 28.2 Å². The average Bonchev–Trinajstić information content (AvgIpc) is 2.75. The summed E-state index contributed by atoms with van der Waals surface area (Å²) in [5, 5.41) is 3.42. The Balaban J connectivity index is 1.91. The van der Waals surface area contributed by atoms with Crippen molar-refractivity contribution in [3.05, 3.63) is 44.3 Å². The minimum Gasteiger partial charge on any atom is -0.496 e. The molecule has 2 rings (SSSR count). The van der Waals surface area contributed by atoms with Gasteiger partial charge >= 0.3 is 0 Å². The maximum atomic E-state index is 5.21.